The zero-order valence-corrected chi connectivity index (χ0v) is 15.3. The van der Waals surface area contributed by atoms with Crippen LogP contribution >= 0.6 is 0 Å². The molecule has 0 aliphatic carbocycles. The van der Waals surface area contributed by atoms with Gasteiger partial charge in [-0.05, 0) is 31.9 Å². The van der Waals surface area contributed by atoms with Crippen LogP contribution in [0.3, 0.4) is 0 Å². The average molecular weight is 355 g/mol. The summed E-state index contributed by atoms with van der Waals surface area (Å²) < 4.78 is 8.40. The third-order valence-electron chi connectivity index (χ3n) is 5.39. The highest BCUT2D eigenvalue weighted by Crippen LogP contribution is 2.40. The lowest BCUT2D eigenvalue weighted by Gasteiger charge is -2.45. The minimum atomic E-state index is -0.477. The summed E-state index contributed by atoms with van der Waals surface area (Å²) >= 11 is 0. The fourth-order valence-corrected chi connectivity index (χ4v) is 4.02. The van der Waals surface area contributed by atoms with Gasteiger partial charge in [0.15, 0.2) is 6.10 Å². The number of hydrogen-bond acceptors (Lipinski definition) is 5. The molecule has 2 aliphatic heterocycles. The minimum Gasteiger partial charge on any atom is -0.357 e. The summed E-state index contributed by atoms with van der Waals surface area (Å²) in [5.74, 6) is 0.876. The average Bonchev–Trinajstić information content (AvgIpc) is 3.13. The predicted molar refractivity (Wildman–Crippen MR) is 96.3 cm³/mol. The number of piperidine rings is 1. The zero-order chi connectivity index (χ0) is 18.1. The third-order valence-corrected chi connectivity index (χ3v) is 5.39. The lowest BCUT2D eigenvalue weighted by atomic mass is 9.88. The summed E-state index contributed by atoms with van der Waals surface area (Å²) in [7, 11) is 1.65. The number of likely N-dealkylation sites (N-methyl/N-ethyl adjacent to an activating group) is 1. The summed E-state index contributed by atoms with van der Waals surface area (Å²) in [5.41, 5.74) is 1.66. The van der Waals surface area contributed by atoms with Crippen LogP contribution in [-0.4, -0.2) is 51.6 Å². The second-order valence-electron chi connectivity index (χ2n) is 7.16. The Morgan fingerprint density at radius 3 is 2.92 bits per heavy atom. The van der Waals surface area contributed by atoms with Gasteiger partial charge in [0.25, 0.3) is 5.91 Å². The first kappa shape index (κ1) is 17.2. The molecule has 1 atom stereocenters. The Balaban J connectivity index is 1.49. The largest absolute Gasteiger partial charge is 0.357 e. The Morgan fingerprint density at radius 1 is 1.38 bits per heavy atom. The first-order valence-corrected chi connectivity index (χ1v) is 9.15. The number of amides is 1. The molecule has 7 heteroatoms. The van der Waals surface area contributed by atoms with Crippen LogP contribution in [0.15, 0.2) is 30.6 Å². The van der Waals surface area contributed by atoms with Crippen LogP contribution in [-0.2, 0) is 28.2 Å². The van der Waals surface area contributed by atoms with Crippen molar-refractivity contribution in [1.29, 1.82) is 0 Å². The number of likely N-dealkylation sites (tertiary alicyclic amines) is 1. The van der Waals surface area contributed by atoms with E-state index in [1.54, 1.807) is 13.2 Å². The van der Waals surface area contributed by atoms with Crippen LogP contribution in [0.2, 0.25) is 0 Å². The van der Waals surface area contributed by atoms with Crippen LogP contribution in [0, 0.1) is 6.92 Å². The summed E-state index contributed by atoms with van der Waals surface area (Å²) in [6, 6.07) is 6.14. The Bertz CT molecular complexity index is 795. The second-order valence-corrected chi connectivity index (χ2v) is 7.16. The summed E-state index contributed by atoms with van der Waals surface area (Å²) in [5, 5.41) is 2.71. The van der Waals surface area contributed by atoms with Crippen molar-refractivity contribution in [2.75, 3.05) is 20.1 Å². The van der Waals surface area contributed by atoms with E-state index in [1.807, 2.05) is 19.2 Å². The zero-order valence-electron chi connectivity index (χ0n) is 15.3. The molecule has 1 spiro atoms. The van der Waals surface area contributed by atoms with E-state index in [0.717, 1.165) is 49.7 Å². The topological polar surface area (TPSA) is 72.3 Å². The molecule has 26 heavy (non-hydrogen) atoms. The first-order chi connectivity index (χ1) is 12.6. The summed E-state index contributed by atoms with van der Waals surface area (Å²) in [6.07, 6.45) is 4.92. The molecule has 1 fully saturated rings. The van der Waals surface area contributed by atoms with Crippen molar-refractivity contribution >= 4 is 5.91 Å². The number of nitrogens with one attached hydrogen (secondary N) is 1. The molecule has 0 saturated carbocycles. The Kier molecular flexibility index (Phi) is 4.50. The van der Waals surface area contributed by atoms with E-state index in [0.29, 0.717) is 6.54 Å². The molecule has 2 aromatic heterocycles. The van der Waals surface area contributed by atoms with Crippen LogP contribution in [0.25, 0.3) is 0 Å². The number of nitrogens with zero attached hydrogens (tertiary/aromatic N) is 4. The molecule has 138 valence electrons. The van der Waals surface area contributed by atoms with E-state index in [2.05, 4.69) is 36.9 Å². The van der Waals surface area contributed by atoms with Gasteiger partial charge in [0.2, 0.25) is 0 Å². The van der Waals surface area contributed by atoms with Gasteiger partial charge in [-0.1, -0.05) is 6.07 Å². The van der Waals surface area contributed by atoms with E-state index in [-0.39, 0.29) is 5.91 Å². The molecule has 0 bridgehead atoms. The monoisotopic (exact) mass is 355 g/mol. The molecule has 1 saturated heterocycles. The van der Waals surface area contributed by atoms with Gasteiger partial charge in [0.05, 0.1) is 12.2 Å². The van der Waals surface area contributed by atoms with Gasteiger partial charge in [-0.15, -0.1) is 0 Å². The maximum atomic E-state index is 12.2. The molecule has 4 rings (SSSR count). The molecule has 1 amide bonds. The number of hydrogen-bond donors (Lipinski definition) is 1. The molecule has 0 unspecified atom stereocenters. The Morgan fingerprint density at radius 2 is 2.19 bits per heavy atom. The molecule has 7 nitrogen and oxygen atoms in total. The molecule has 2 aromatic rings. The van der Waals surface area contributed by atoms with Gasteiger partial charge in [0.1, 0.15) is 11.4 Å². The van der Waals surface area contributed by atoms with Crippen LogP contribution < -0.4 is 5.32 Å². The SMILES string of the molecule is CNC(=O)[C@H]1Cn2ccnc2C2(CCN(Cc3cccc(C)n3)CC2)O1. The van der Waals surface area contributed by atoms with Crippen molar-refractivity contribution in [2.24, 2.45) is 0 Å². The van der Waals surface area contributed by atoms with E-state index in [9.17, 15) is 4.79 Å². The standard InChI is InChI=1S/C19H25N5O2/c1-14-4-3-5-15(22-14)12-23-9-6-19(7-10-23)18-21-8-11-24(18)13-16(26-19)17(25)20-2/h3-5,8,11,16H,6-7,9-10,12-13H2,1-2H3,(H,20,25)/t16-/m1/s1. The van der Waals surface area contributed by atoms with Gasteiger partial charge in [-0.3, -0.25) is 14.7 Å². The fourth-order valence-electron chi connectivity index (χ4n) is 4.02. The number of fused-ring (bicyclic) bond motifs is 2. The number of pyridine rings is 1. The Labute approximate surface area is 153 Å². The second kappa shape index (κ2) is 6.81. The number of carbonyl (C=O) groups excluding carboxylic acids is 1. The predicted octanol–water partition coefficient (Wildman–Crippen LogP) is 1.22. The van der Waals surface area contributed by atoms with Crippen LogP contribution in [0.5, 0.6) is 0 Å². The fraction of sp³-hybridized carbons (Fsp3) is 0.526. The third kappa shape index (κ3) is 3.12. The van der Waals surface area contributed by atoms with Crippen molar-refractivity contribution in [3.8, 4) is 0 Å². The Hall–Kier alpha value is -2.25. The highest BCUT2D eigenvalue weighted by Gasteiger charge is 2.46. The number of aryl methyl sites for hydroxylation is 1. The normalized spacial score (nSPS) is 22.2. The summed E-state index contributed by atoms with van der Waals surface area (Å²) in [4.78, 5) is 23.7. The van der Waals surface area contributed by atoms with Crippen molar-refractivity contribution in [2.45, 2.75) is 44.6 Å². The minimum absolute atomic E-state index is 0.0740. The van der Waals surface area contributed by atoms with Crippen molar-refractivity contribution in [1.82, 2.24) is 24.8 Å². The van der Waals surface area contributed by atoms with Gasteiger partial charge >= 0.3 is 0 Å². The maximum Gasteiger partial charge on any atom is 0.250 e. The number of carbonyl (C=O) groups is 1. The lowest BCUT2D eigenvalue weighted by molar-refractivity contribution is -0.173. The molecular formula is C19H25N5O2. The van der Waals surface area contributed by atoms with E-state index >= 15 is 0 Å². The molecule has 2 aliphatic rings. The van der Waals surface area contributed by atoms with Crippen LogP contribution in [0.1, 0.15) is 30.1 Å². The van der Waals surface area contributed by atoms with Gasteiger partial charge in [0, 0.05) is 44.8 Å². The highest BCUT2D eigenvalue weighted by atomic mass is 16.5. The molecule has 4 heterocycles. The maximum absolute atomic E-state index is 12.2. The number of rotatable bonds is 3. The summed E-state index contributed by atoms with van der Waals surface area (Å²) in [6.45, 7) is 5.16. The smallest absolute Gasteiger partial charge is 0.250 e. The quantitative estimate of drug-likeness (QED) is 0.896. The number of aromatic nitrogens is 3. The number of imidazole rings is 1. The van der Waals surface area contributed by atoms with E-state index < -0.39 is 11.7 Å². The van der Waals surface area contributed by atoms with Crippen molar-refractivity contribution in [3.63, 3.8) is 0 Å². The van der Waals surface area contributed by atoms with Crippen molar-refractivity contribution < 1.29 is 9.53 Å². The number of ether oxygens (including phenoxy) is 1. The first-order valence-electron chi connectivity index (χ1n) is 9.15. The van der Waals surface area contributed by atoms with Gasteiger partial charge in [-0.25, -0.2) is 4.98 Å². The van der Waals surface area contributed by atoms with Gasteiger partial charge in [-0.2, -0.15) is 0 Å². The molecular weight excluding hydrogens is 330 g/mol. The lowest BCUT2D eigenvalue weighted by Crippen LogP contribution is -2.53. The highest BCUT2D eigenvalue weighted by molar-refractivity contribution is 5.80. The van der Waals surface area contributed by atoms with E-state index in [1.165, 1.54) is 0 Å². The van der Waals surface area contributed by atoms with Crippen LogP contribution in [0.4, 0.5) is 0 Å². The molecule has 1 N–H and O–H groups in total. The van der Waals surface area contributed by atoms with E-state index in [4.69, 9.17) is 4.74 Å². The van der Waals surface area contributed by atoms with Crippen molar-refractivity contribution in [3.05, 3.63) is 47.8 Å². The molecule has 0 aromatic carbocycles. The van der Waals surface area contributed by atoms with Gasteiger partial charge < -0.3 is 14.6 Å². The molecule has 0 radical (unpaired) electrons.